The highest BCUT2D eigenvalue weighted by atomic mass is 16.2. The Kier molecular flexibility index (Phi) is 3.26. The van der Waals surface area contributed by atoms with Crippen molar-refractivity contribution in [1.82, 2.24) is 9.88 Å². The molecular formula is C17H18N2O. The van der Waals surface area contributed by atoms with Crippen molar-refractivity contribution in [1.29, 1.82) is 0 Å². The number of rotatable bonds is 1. The molecule has 1 unspecified atom stereocenters. The van der Waals surface area contributed by atoms with Gasteiger partial charge in [0.05, 0.1) is 6.04 Å². The summed E-state index contributed by atoms with van der Waals surface area (Å²) >= 11 is 0. The van der Waals surface area contributed by atoms with Crippen molar-refractivity contribution in [3.8, 4) is 0 Å². The molecule has 1 aliphatic heterocycles. The molecule has 1 aliphatic rings. The summed E-state index contributed by atoms with van der Waals surface area (Å²) in [5, 5.41) is 0. The molecule has 3 heteroatoms. The highest BCUT2D eigenvalue weighted by molar-refractivity contribution is 5.75. The van der Waals surface area contributed by atoms with Gasteiger partial charge >= 0.3 is 0 Å². The minimum absolute atomic E-state index is 0.00875. The minimum atomic E-state index is -0.00875. The molecule has 3 rings (SSSR count). The Bertz CT molecular complexity index is 637. The van der Waals surface area contributed by atoms with Crippen LogP contribution in [0.1, 0.15) is 35.2 Å². The highest BCUT2D eigenvalue weighted by Gasteiger charge is 2.30. The number of aromatic nitrogens is 1. The van der Waals surface area contributed by atoms with E-state index in [0.29, 0.717) is 0 Å². The van der Waals surface area contributed by atoms with E-state index in [4.69, 9.17) is 0 Å². The lowest BCUT2D eigenvalue weighted by Crippen LogP contribution is -2.39. The molecule has 2 heterocycles. The summed E-state index contributed by atoms with van der Waals surface area (Å²) in [6, 6.07) is 10.5. The molecule has 2 aromatic rings. The lowest BCUT2D eigenvalue weighted by molar-refractivity contribution is -0.130. The molecule has 0 spiro atoms. The van der Waals surface area contributed by atoms with Crippen LogP contribution in [0.2, 0.25) is 0 Å². The summed E-state index contributed by atoms with van der Waals surface area (Å²) in [5.74, 6) is 0.116. The van der Waals surface area contributed by atoms with Gasteiger partial charge in [0.1, 0.15) is 0 Å². The number of nitrogens with zero attached hydrogens (tertiary/aromatic N) is 2. The van der Waals surface area contributed by atoms with Gasteiger partial charge in [0.15, 0.2) is 0 Å². The van der Waals surface area contributed by atoms with Crippen molar-refractivity contribution < 1.29 is 4.79 Å². The molecule has 1 amide bonds. The largest absolute Gasteiger partial charge is 0.331 e. The van der Waals surface area contributed by atoms with Gasteiger partial charge in [-0.05, 0) is 36.1 Å². The van der Waals surface area contributed by atoms with Crippen LogP contribution in [0, 0.1) is 6.92 Å². The average molecular weight is 266 g/mol. The zero-order chi connectivity index (χ0) is 14.1. The van der Waals surface area contributed by atoms with Gasteiger partial charge in [-0.1, -0.05) is 29.8 Å². The van der Waals surface area contributed by atoms with Crippen molar-refractivity contribution in [3.63, 3.8) is 0 Å². The van der Waals surface area contributed by atoms with Crippen LogP contribution in [0.4, 0.5) is 0 Å². The lowest BCUT2D eigenvalue weighted by Gasteiger charge is -2.37. The van der Waals surface area contributed by atoms with E-state index in [1.165, 1.54) is 16.7 Å². The summed E-state index contributed by atoms with van der Waals surface area (Å²) in [5.41, 5.74) is 4.92. The number of hydrogen-bond donors (Lipinski definition) is 0. The highest BCUT2D eigenvalue weighted by Crippen LogP contribution is 2.35. The average Bonchev–Trinajstić information content (AvgIpc) is 2.46. The standard InChI is InChI=1S/C17H18N2O/c1-12-5-6-16-14(10-12)7-9-19(13(2)20)17(16)15-4-3-8-18-11-15/h3-6,8,10-11,17H,7,9H2,1-2H3. The Hall–Kier alpha value is -2.16. The predicted molar refractivity (Wildman–Crippen MR) is 78.4 cm³/mol. The Labute approximate surface area is 119 Å². The van der Waals surface area contributed by atoms with Crippen molar-refractivity contribution in [2.45, 2.75) is 26.3 Å². The van der Waals surface area contributed by atoms with Gasteiger partial charge in [0.2, 0.25) is 5.91 Å². The smallest absolute Gasteiger partial charge is 0.220 e. The summed E-state index contributed by atoms with van der Waals surface area (Å²) < 4.78 is 0. The molecule has 0 saturated carbocycles. The van der Waals surface area contributed by atoms with Crippen LogP contribution in [-0.2, 0) is 11.2 Å². The van der Waals surface area contributed by atoms with E-state index < -0.39 is 0 Å². The van der Waals surface area contributed by atoms with E-state index in [9.17, 15) is 4.79 Å². The number of amides is 1. The van der Waals surface area contributed by atoms with Gasteiger partial charge in [-0.3, -0.25) is 9.78 Å². The van der Waals surface area contributed by atoms with Gasteiger partial charge in [-0.15, -0.1) is 0 Å². The van der Waals surface area contributed by atoms with Crippen LogP contribution in [0.3, 0.4) is 0 Å². The molecular weight excluding hydrogens is 248 g/mol. The lowest BCUT2D eigenvalue weighted by atomic mass is 9.88. The van der Waals surface area contributed by atoms with E-state index in [1.807, 2.05) is 23.2 Å². The van der Waals surface area contributed by atoms with E-state index in [-0.39, 0.29) is 11.9 Å². The fourth-order valence-electron chi connectivity index (χ4n) is 2.99. The maximum atomic E-state index is 12.0. The summed E-state index contributed by atoms with van der Waals surface area (Å²) in [6.07, 6.45) is 4.55. The molecule has 1 atom stereocenters. The third-order valence-electron chi connectivity index (χ3n) is 3.93. The van der Waals surface area contributed by atoms with Crippen LogP contribution in [0.5, 0.6) is 0 Å². The second-order valence-electron chi connectivity index (χ2n) is 5.35. The Morgan fingerprint density at radius 3 is 2.90 bits per heavy atom. The first-order valence-electron chi connectivity index (χ1n) is 6.93. The number of fused-ring (bicyclic) bond motifs is 1. The first-order chi connectivity index (χ1) is 9.66. The van der Waals surface area contributed by atoms with Crippen molar-refractivity contribution in [3.05, 3.63) is 65.0 Å². The fraction of sp³-hybridized carbons (Fsp3) is 0.294. The topological polar surface area (TPSA) is 33.2 Å². The maximum Gasteiger partial charge on any atom is 0.220 e. The number of carbonyl (C=O) groups is 1. The van der Waals surface area contributed by atoms with Crippen LogP contribution < -0.4 is 0 Å². The molecule has 0 fully saturated rings. The maximum absolute atomic E-state index is 12.0. The molecule has 20 heavy (non-hydrogen) atoms. The first-order valence-corrected chi connectivity index (χ1v) is 6.93. The van der Waals surface area contributed by atoms with Gasteiger partial charge in [-0.25, -0.2) is 0 Å². The molecule has 0 saturated heterocycles. The Morgan fingerprint density at radius 2 is 2.20 bits per heavy atom. The molecule has 0 bridgehead atoms. The third-order valence-corrected chi connectivity index (χ3v) is 3.93. The Morgan fingerprint density at radius 1 is 1.35 bits per heavy atom. The van der Waals surface area contributed by atoms with E-state index in [1.54, 1.807) is 13.1 Å². The van der Waals surface area contributed by atoms with Crippen LogP contribution in [-0.4, -0.2) is 22.3 Å². The van der Waals surface area contributed by atoms with E-state index >= 15 is 0 Å². The van der Waals surface area contributed by atoms with Crippen molar-refractivity contribution in [2.24, 2.45) is 0 Å². The molecule has 1 aromatic heterocycles. The van der Waals surface area contributed by atoms with Crippen LogP contribution in [0.25, 0.3) is 0 Å². The summed E-state index contributed by atoms with van der Waals surface area (Å²) in [7, 11) is 0. The van der Waals surface area contributed by atoms with Crippen LogP contribution in [0.15, 0.2) is 42.7 Å². The summed E-state index contributed by atoms with van der Waals surface area (Å²) in [4.78, 5) is 18.1. The van der Waals surface area contributed by atoms with Gasteiger partial charge in [-0.2, -0.15) is 0 Å². The zero-order valence-corrected chi connectivity index (χ0v) is 11.8. The number of carbonyl (C=O) groups excluding carboxylic acids is 1. The minimum Gasteiger partial charge on any atom is -0.331 e. The molecule has 3 nitrogen and oxygen atoms in total. The number of aryl methyl sites for hydroxylation is 1. The van der Waals surface area contributed by atoms with E-state index in [2.05, 4.69) is 30.1 Å². The predicted octanol–water partition coefficient (Wildman–Crippen LogP) is 2.88. The number of hydrogen-bond acceptors (Lipinski definition) is 2. The Balaban J connectivity index is 2.13. The number of pyridine rings is 1. The van der Waals surface area contributed by atoms with Crippen molar-refractivity contribution >= 4 is 5.91 Å². The molecule has 102 valence electrons. The van der Waals surface area contributed by atoms with Crippen LogP contribution >= 0.6 is 0 Å². The third kappa shape index (κ3) is 2.20. The van der Waals surface area contributed by atoms with Gasteiger partial charge in [0, 0.05) is 25.9 Å². The fourth-order valence-corrected chi connectivity index (χ4v) is 2.99. The monoisotopic (exact) mass is 266 g/mol. The summed E-state index contributed by atoms with van der Waals surface area (Å²) in [6.45, 7) is 4.52. The first kappa shape index (κ1) is 12.9. The molecule has 0 aliphatic carbocycles. The SMILES string of the molecule is CC(=O)N1CCc2cc(C)ccc2C1c1cccnc1. The quantitative estimate of drug-likeness (QED) is 0.795. The number of benzene rings is 1. The van der Waals surface area contributed by atoms with Gasteiger partial charge < -0.3 is 4.90 Å². The molecule has 1 aromatic carbocycles. The molecule has 0 radical (unpaired) electrons. The molecule has 0 N–H and O–H groups in total. The zero-order valence-electron chi connectivity index (χ0n) is 11.8. The normalized spacial score (nSPS) is 17.7. The van der Waals surface area contributed by atoms with E-state index in [0.717, 1.165) is 18.5 Å². The second kappa shape index (κ2) is 5.08. The van der Waals surface area contributed by atoms with Crippen molar-refractivity contribution in [2.75, 3.05) is 6.54 Å². The van der Waals surface area contributed by atoms with Gasteiger partial charge in [0.25, 0.3) is 0 Å². The second-order valence-corrected chi connectivity index (χ2v) is 5.35.